The van der Waals surface area contributed by atoms with Gasteiger partial charge in [0.2, 0.25) is 0 Å². The maximum Gasteiger partial charge on any atom is 0.267 e. The molecule has 0 radical (unpaired) electrons. The van der Waals surface area contributed by atoms with Gasteiger partial charge in [-0.3, -0.25) is 4.79 Å². The van der Waals surface area contributed by atoms with E-state index in [9.17, 15) is 4.79 Å². The van der Waals surface area contributed by atoms with Crippen LogP contribution in [0.15, 0.2) is 36.4 Å². The summed E-state index contributed by atoms with van der Waals surface area (Å²) in [6, 6.07) is 12.0. The highest BCUT2D eigenvalue weighted by Crippen LogP contribution is 2.36. The van der Waals surface area contributed by atoms with Gasteiger partial charge in [-0.1, -0.05) is 35.9 Å². The summed E-state index contributed by atoms with van der Waals surface area (Å²) in [4.78, 5) is 13.1. The number of thiophene rings is 1. The van der Waals surface area contributed by atoms with Gasteiger partial charge in [0.05, 0.1) is 5.02 Å². The van der Waals surface area contributed by atoms with Crippen LogP contribution in [0, 0.1) is 20.8 Å². The number of amides is 1. The van der Waals surface area contributed by atoms with Crippen LogP contribution >= 0.6 is 22.9 Å². The Hall–Kier alpha value is -1.84. The highest BCUT2D eigenvalue weighted by molar-refractivity contribution is 7.21. The normalized spacial score (nSPS) is 10.9. The first-order valence-electron chi connectivity index (χ1n) is 7.03. The first-order valence-corrected chi connectivity index (χ1v) is 8.22. The molecule has 1 aromatic heterocycles. The van der Waals surface area contributed by atoms with Crippen LogP contribution in [0.1, 0.15) is 26.4 Å². The molecule has 0 saturated carbocycles. The molecule has 0 bridgehead atoms. The molecule has 4 heteroatoms. The summed E-state index contributed by atoms with van der Waals surface area (Å²) in [5, 5.41) is 4.43. The third-order valence-corrected chi connectivity index (χ3v) is 5.29. The molecule has 3 aromatic rings. The Balaban J connectivity index is 1.98. The Labute approximate surface area is 138 Å². The molecular formula is C18H16ClNOS. The SMILES string of the molecule is Cc1ccc(C)c(NC(=O)c2sc3cc(C)ccc3c2Cl)c1. The maximum atomic E-state index is 12.6. The third-order valence-electron chi connectivity index (χ3n) is 3.63. The van der Waals surface area contributed by atoms with Crippen LogP contribution in [0.5, 0.6) is 0 Å². The van der Waals surface area contributed by atoms with Crippen LogP contribution in [-0.4, -0.2) is 5.91 Å². The highest BCUT2D eigenvalue weighted by Gasteiger charge is 2.17. The van der Waals surface area contributed by atoms with Gasteiger partial charge in [0.15, 0.2) is 0 Å². The van der Waals surface area contributed by atoms with Gasteiger partial charge in [-0.2, -0.15) is 0 Å². The molecule has 3 rings (SSSR count). The van der Waals surface area contributed by atoms with Crippen molar-refractivity contribution < 1.29 is 4.79 Å². The Morgan fingerprint density at radius 3 is 2.50 bits per heavy atom. The van der Waals surface area contributed by atoms with E-state index in [1.54, 1.807) is 0 Å². The average molecular weight is 330 g/mol. The van der Waals surface area contributed by atoms with E-state index in [2.05, 4.69) is 11.4 Å². The molecule has 0 unspecified atom stereocenters. The fourth-order valence-corrected chi connectivity index (χ4v) is 3.88. The molecule has 1 N–H and O–H groups in total. The summed E-state index contributed by atoms with van der Waals surface area (Å²) in [5.41, 5.74) is 4.13. The lowest BCUT2D eigenvalue weighted by atomic mass is 10.1. The van der Waals surface area contributed by atoms with Gasteiger partial charge in [-0.05, 0) is 49.6 Å². The van der Waals surface area contributed by atoms with Gasteiger partial charge < -0.3 is 5.32 Å². The van der Waals surface area contributed by atoms with Crippen LogP contribution < -0.4 is 5.32 Å². The van der Waals surface area contributed by atoms with Crippen molar-refractivity contribution in [1.82, 2.24) is 0 Å². The van der Waals surface area contributed by atoms with Crippen LogP contribution in [0.2, 0.25) is 5.02 Å². The minimum absolute atomic E-state index is 0.155. The summed E-state index contributed by atoms with van der Waals surface area (Å²) >= 11 is 7.82. The zero-order valence-electron chi connectivity index (χ0n) is 12.7. The Morgan fingerprint density at radius 1 is 1.05 bits per heavy atom. The molecule has 22 heavy (non-hydrogen) atoms. The van der Waals surface area contributed by atoms with Gasteiger partial charge >= 0.3 is 0 Å². The van der Waals surface area contributed by atoms with Gasteiger partial charge in [0.1, 0.15) is 4.88 Å². The fourth-order valence-electron chi connectivity index (χ4n) is 2.37. The number of aryl methyl sites for hydroxylation is 3. The predicted octanol–water partition coefficient (Wildman–Crippen LogP) is 5.73. The minimum Gasteiger partial charge on any atom is -0.321 e. The fraction of sp³-hybridized carbons (Fsp3) is 0.167. The number of hydrogen-bond donors (Lipinski definition) is 1. The second-order valence-corrected chi connectivity index (χ2v) is 6.95. The van der Waals surface area contributed by atoms with Crippen LogP contribution in [0.25, 0.3) is 10.1 Å². The Morgan fingerprint density at radius 2 is 1.73 bits per heavy atom. The molecule has 0 atom stereocenters. The number of nitrogens with one attached hydrogen (secondary N) is 1. The smallest absolute Gasteiger partial charge is 0.267 e. The Bertz CT molecular complexity index is 882. The lowest BCUT2D eigenvalue weighted by molar-refractivity contribution is 0.103. The van der Waals surface area contributed by atoms with E-state index < -0.39 is 0 Å². The van der Waals surface area contributed by atoms with E-state index in [4.69, 9.17) is 11.6 Å². The van der Waals surface area contributed by atoms with Crippen LogP contribution in [0.3, 0.4) is 0 Å². The summed E-state index contributed by atoms with van der Waals surface area (Å²) in [6.07, 6.45) is 0. The zero-order chi connectivity index (χ0) is 15.9. The van der Waals surface area contributed by atoms with Crippen LogP contribution in [0.4, 0.5) is 5.69 Å². The van der Waals surface area contributed by atoms with Crippen molar-refractivity contribution in [1.29, 1.82) is 0 Å². The molecule has 0 saturated heterocycles. The number of hydrogen-bond acceptors (Lipinski definition) is 2. The number of rotatable bonds is 2. The second-order valence-electron chi connectivity index (χ2n) is 5.52. The van der Waals surface area contributed by atoms with E-state index >= 15 is 0 Å². The van der Waals surface area contributed by atoms with E-state index in [0.29, 0.717) is 9.90 Å². The number of carbonyl (C=O) groups is 1. The van der Waals surface area contributed by atoms with E-state index in [0.717, 1.165) is 32.5 Å². The molecule has 2 nitrogen and oxygen atoms in total. The topological polar surface area (TPSA) is 29.1 Å². The quantitative estimate of drug-likeness (QED) is 0.639. The predicted molar refractivity (Wildman–Crippen MR) is 95.4 cm³/mol. The molecule has 0 spiro atoms. The van der Waals surface area contributed by atoms with Gasteiger partial charge in [-0.15, -0.1) is 11.3 Å². The van der Waals surface area contributed by atoms with Crippen molar-refractivity contribution in [2.24, 2.45) is 0 Å². The van der Waals surface area contributed by atoms with Gasteiger partial charge in [-0.25, -0.2) is 0 Å². The summed E-state index contributed by atoms with van der Waals surface area (Å²) in [7, 11) is 0. The number of carbonyl (C=O) groups excluding carboxylic acids is 1. The average Bonchev–Trinajstić information content (AvgIpc) is 2.79. The van der Waals surface area contributed by atoms with Crippen LogP contribution in [-0.2, 0) is 0 Å². The molecule has 1 heterocycles. The van der Waals surface area contributed by atoms with Crippen molar-refractivity contribution in [2.45, 2.75) is 20.8 Å². The lowest BCUT2D eigenvalue weighted by Crippen LogP contribution is -2.11. The maximum absolute atomic E-state index is 12.6. The standard InChI is InChI=1S/C18H16ClNOS/c1-10-4-6-12(3)14(8-10)20-18(21)17-16(19)13-7-5-11(2)9-15(13)22-17/h4-9H,1-3H3,(H,20,21). The van der Waals surface area contributed by atoms with Crippen molar-refractivity contribution in [3.05, 3.63) is 63.0 Å². The molecule has 1 amide bonds. The lowest BCUT2D eigenvalue weighted by Gasteiger charge is -2.08. The van der Waals surface area contributed by atoms with E-state index in [1.807, 2.05) is 51.1 Å². The third kappa shape index (κ3) is 2.74. The van der Waals surface area contributed by atoms with Crippen molar-refractivity contribution in [3.8, 4) is 0 Å². The molecule has 2 aromatic carbocycles. The molecule has 112 valence electrons. The zero-order valence-corrected chi connectivity index (χ0v) is 14.2. The first-order chi connectivity index (χ1) is 10.5. The summed E-state index contributed by atoms with van der Waals surface area (Å²) in [5.74, 6) is -0.155. The van der Waals surface area contributed by atoms with Gasteiger partial charge in [0, 0.05) is 15.8 Å². The molecule has 0 fully saturated rings. The number of benzene rings is 2. The van der Waals surface area contributed by atoms with Crippen molar-refractivity contribution in [2.75, 3.05) is 5.32 Å². The van der Waals surface area contributed by atoms with Crippen molar-refractivity contribution in [3.63, 3.8) is 0 Å². The Kier molecular flexibility index (Phi) is 3.94. The van der Waals surface area contributed by atoms with E-state index in [1.165, 1.54) is 11.3 Å². The molecule has 0 aliphatic heterocycles. The number of halogens is 1. The second kappa shape index (κ2) is 5.75. The number of fused-ring (bicyclic) bond motifs is 1. The molecule has 0 aliphatic carbocycles. The minimum atomic E-state index is -0.155. The van der Waals surface area contributed by atoms with Crippen molar-refractivity contribution >= 4 is 44.6 Å². The van der Waals surface area contributed by atoms with E-state index in [-0.39, 0.29) is 5.91 Å². The first kappa shape index (κ1) is 15.1. The summed E-state index contributed by atoms with van der Waals surface area (Å²) < 4.78 is 1.04. The summed E-state index contributed by atoms with van der Waals surface area (Å²) in [6.45, 7) is 6.01. The highest BCUT2D eigenvalue weighted by atomic mass is 35.5. The number of anilines is 1. The molecule has 0 aliphatic rings. The van der Waals surface area contributed by atoms with Gasteiger partial charge in [0.25, 0.3) is 5.91 Å². The monoisotopic (exact) mass is 329 g/mol. The largest absolute Gasteiger partial charge is 0.321 e. The molecular weight excluding hydrogens is 314 g/mol.